The predicted octanol–water partition coefficient (Wildman–Crippen LogP) is 4.92. The van der Waals surface area contributed by atoms with Crippen LogP contribution in [0.4, 0.5) is 11.4 Å². The number of rotatable bonds is 12. The number of anilines is 2. The van der Waals surface area contributed by atoms with E-state index >= 15 is 0 Å². The number of allylic oxidation sites excluding steroid dienone is 1. The van der Waals surface area contributed by atoms with Crippen LogP contribution in [0.2, 0.25) is 0 Å². The van der Waals surface area contributed by atoms with Crippen LogP contribution in [0.1, 0.15) is 19.4 Å². The highest BCUT2D eigenvalue weighted by molar-refractivity contribution is 8.76. The molecule has 0 saturated heterocycles. The van der Waals surface area contributed by atoms with Gasteiger partial charge < -0.3 is 16.4 Å². The van der Waals surface area contributed by atoms with Crippen molar-refractivity contribution in [2.75, 3.05) is 28.7 Å². The number of benzene rings is 2. The van der Waals surface area contributed by atoms with Crippen molar-refractivity contribution in [3.8, 4) is 11.1 Å². The van der Waals surface area contributed by atoms with Gasteiger partial charge in [-0.05, 0) is 35.4 Å². The fourth-order valence-corrected chi connectivity index (χ4v) is 5.14. The molecule has 3 aromatic rings. The van der Waals surface area contributed by atoms with Crippen molar-refractivity contribution < 1.29 is 9.59 Å². The molecule has 1 aromatic heterocycles. The van der Waals surface area contributed by atoms with Crippen molar-refractivity contribution in [3.05, 3.63) is 72.7 Å². The molecule has 0 aliphatic rings. The Bertz CT molecular complexity index is 1240. The first-order valence-corrected chi connectivity index (χ1v) is 13.9. The number of carbonyl (C=O) groups is 2. The number of aliphatic imine (C=N–C) groups is 1. The smallest absolute Gasteiger partial charge is 0.221 e. The Balaban J connectivity index is 1.38. The quantitative estimate of drug-likeness (QED) is 0.177. The number of aryl methyl sites for hydroxylation is 1. The number of amides is 2. The normalized spacial score (nSPS) is 11.6. The Morgan fingerprint density at radius 3 is 2.42 bits per heavy atom. The van der Waals surface area contributed by atoms with E-state index in [4.69, 9.17) is 5.73 Å². The van der Waals surface area contributed by atoms with E-state index in [1.807, 2.05) is 65.6 Å². The lowest BCUT2D eigenvalue weighted by atomic mass is 10.1. The van der Waals surface area contributed by atoms with Crippen LogP contribution in [0, 0.1) is 0 Å². The lowest BCUT2D eigenvalue weighted by molar-refractivity contribution is -0.115. The first kappa shape index (κ1) is 27.1. The minimum atomic E-state index is -0.116. The average molecular weight is 523 g/mol. The number of nitrogens with one attached hydrogen (secondary N) is 2. The number of hydrogen-bond acceptors (Lipinski definition) is 7. The molecule has 1 heterocycles. The van der Waals surface area contributed by atoms with Crippen LogP contribution in [-0.4, -0.2) is 45.9 Å². The standard InChI is InChI=1S/C26H30N6O2S2/c1-19(33)30-25-7-3-5-21(13-25)23(15-27)16-28-9-11-35-36-12-10-32-18-24(17-29-32)22-6-4-8-26(14-22)31-20(2)34/h3-8,13-18H,9-12,27H2,1-2H3,(H,30,33)(H,31,34)/b23-15+,28-16?. The SMILES string of the molecule is CC(=O)Nc1cccc(/C(C=NCCSSCCn2cc(-c3cccc(NC(C)=O)c3)cn2)=C/N)c1. The van der Waals surface area contributed by atoms with Crippen molar-refractivity contribution >= 4 is 56.6 Å². The molecule has 0 unspecified atom stereocenters. The molecule has 0 aliphatic heterocycles. The summed E-state index contributed by atoms with van der Waals surface area (Å²) >= 11 is 0. The number of aromatic nitrogens is 2. The number of carbonyl (C=O) groups excluding carboxylic acids is 2. The van der Waals surface area contributed by atoms with Gasteiger partial charge in [0.05, 0.1) is 12.7 Å². The van der Waals surface area contributed by atoms with Crippen molar-refractivity contribution in [1.82, 2.24) is 9.78 Å². The second-order valence-electron chi connectivity index (χ2n) is 7.82. The summed E-state index contributed by atoms with van der Waals surface area (Å²) in [6.07, 6.45) is 7.15. The second-order valence-corrected chi connectivity index (χ2v) is 10.5. The molecule has 2 amide bonds. The van der Waals surface area contributed by atoms with Gasteiger partial charge in [-0.3, -0.25) is 19.3 Å². The molecule has 0 aliphatic carbocycles. The highest BCUT2D eigenvalue weighted by Gasteiger charge is 2.05. The summed E-state index contributed by atoms with van der Waals surface area (Å²) in [5.41, 5.74) is 11.0. The molecule has 2 aromatic carbocycles. The molecule has 10 heteroatoms. The molecule has 0 saturated carbocycles. The third kappa shape index (κ3) is 8.94. The number of nitrogens with two attached hydrogens (primary N) is 1. The van der Waals surface area contributed by atoms with E-state index in [0.717, 1.165) is 51.7 Å². The largest absolute Gasteiger partial charge is 0.404 e. The van der Waals surface area contributed by atoms with Gasteiger partial charge in [0.15, 0.2) is 0 Å². The maximum atomic E-state index is 11.3. The van der Waals surface area contributed by atoms with Gasteiger partial charge in [-0.15, -0.1) is 0 Å². The molecule has 3 rings (SSSR count). The van der Waals surface area contributed by atoms with Gasteiger partial charge in [-0.2, -0.15) is 5.10 Å². The van der Waals surface area contributed by atoms with Crippen LogP contribution in [0.25, 0.3) is 16.7 Å². The minimum absolute atomic E-state index is 0.0900. The van der Waals surface area contributed by atoms with Gasteiger partial charge >= 0.3 is 0 Å². The first-order valence-electron chi connectivity index (χ1n) is 11.4. The minimum Gasteiger partial charge on any atom is -0.404 e. The Morgan fingerprint density at radius 1 is 1.00 bits per heavy atom. The molecule has 0 spiro atoms. The van der Waals surface area contributed by atoms with Gasteiger partial charge in [0.25, 0.3) is 0 Å². The lowest BCUT2D eigenvalue weighted by Crippen LogP contribution is -2.06. The van der Waals surface area contributed by atoms with E-state index in [2.05, 4.69) is 20.7 Å². The van der Waals surface area contributed by atoms with Crippen LogP contribution < -0.4 is 16.4 Å². The van der Waals surface area contributed by atoms with Gasteiger partial charge in [-0.25, -0.2) is 0 Å². The summed E-state index contributed by atoms with van der Waals surface area (Å²) in [6.45, 7) is 4.46. The van der Waals surface area contributed by atoms with Gasteiger partial charge in [0.1, 0.15) is 0 Å². The van der Waals surface area contributed by atoms with Crippen molar-refractivity contribution in [2.24, 2.45) is 10.7 Å². The molecule has 36 heavy (non-hydrogen) atoms. The summed E-state index contributed by atoms with van der Waals surface area (Å²) in [5, 5.41) is 10.0. The molecule has 0 bridgehead atoms. The topological polar surface area (TPSA) is 114 Å². The van der Waals surface area contributed by atoms with Crippen LogP contribution in [0.15, 0.2) is 72.1 Å². The third-order valence-electron chi connectivity index (χ3n) is 4.87. The van der Waals surface area contributed by atoms with Crippen LogP contribution in [0.5, 0.6) is 0 Å². The van der Waals surface area contributed by atoms with Crippen LogP contribution in [-0.2, 0) is 16.1 Å². The van der Waals surface area contributed by atoms with Gasteiger partial charge in [0.2, 0.25) is 11.8 Å². The Hall–Kier alpha value is -3.50. The molecular weight excluding hydrogens is 492 g/mol. The van der Waals surface area contributed by atoms with E-state index in [9.17, 15) is 9.59 Å². The van der Waals surface area contributed by atoms with Gasteiger partial charge in [-0.1, -0.05) is 45.9 Å². The summed E-state index contributed by atoms with van der Waals surface area (Å²) in [5.74, 6) is 1.60. The van der Waals surface area contributed by atoms with Crippen molar-refractivity contribution in [2.45, 2.75) is 20.4 Å². The summed E-state index contributed by atoms with van der Waals surface area (Å²) in [7, 11) is 3.56. The summed E-state index contributed by atoms with van der Waals surface area (Å²) in [6, 6.07) is 15.2. The second kappa shape index (κ2) is 14.2. The third-order valence-corrected chi connectivity index (χ3v) is 7.23. The Labute approximate surface area is 219 Å². The Morgan fingerprint density at radius 2 is 1.69 bits per heavy atom. The zero-order valence-electron chi connectivity index (χ0n) is 20.3. The zero-order chi connectivity index (χ0) is 25.8. The zero-order valence-corrected chi connectivity index (χ0v) is 21.9. The van der Waals surface area contributed by atoms with Crippen LogP contribution >= 0.6 is 21.6 Å². The van der Waals surface area contributed by atoms with Crippen LogP contribution in [0.3, 0.4) is 0 Å². The molecular formula is C26H30N6O2S2. The highest BCUT2D eigenvalue weighted by atomic mass is 33.1. The first-order chi connectivity index (χ1) is 17.4. The Kier molecular flexibility index (Phi) is 10.7. The summed E-state index contributed by atoms with van der Waals surface area (Å²) in [4.78, 5) is 27.0. The maximum Gasteiger partial charge on any atom is 0.221 e. The molecule has 0 radical (unpaired) electrons. The number of nitrogens with zero attached hydrogens (tertiary/aromatic N) is 3. The fraction of sp³-hybridized carbons (Fsp3) is 0.231. The molecule has 8 nitrogen and oxygen atoms in total. The maximum absolute atomic E-state index is 11.3. The molecule has 188 valence electrons. The molecule has 0 atom stereocenters. The molecule has 4 N–H and O–H groups in total. The highest BCUT2D eigenvalue weighted by Crippen LogP contribution is 2.24. The van der Waals surface area contributed by atoms with Crippen molar-refractivity contribution in [1.29, 1.82) is 0 Å². The lowest BCUT2D eigenvalue weighted by Gasteiger charge is -2.06. The summed E-state index contributed by atoms with van der Waals surface area (Å²) < 4.78 is 1.93. The van der Waals surface area contributed by atoms with E-state index in [1.165, 1.54) is 20.0 Å². The number of hydrogen-bond donors (Lipinski definition) is 3. The van der Waals surface area contributed by atoms with E-state index in [-0.39, 0.29) is 11.8 Å². The average Bonchev–Trinajstić information content (AvgIpc) is 3.32. The van der Waals surface area contributed by atoms with Gasteiger partial charge in [0, 0.05) is 73.0 Å². The van der Waals surface area contributed by atoms with E-state index in [0.29, 0.717) is 6.54 Å². The van der Waals surface area contributed by atoms with Crippen molar-refractivity contribution in [3.63, 3.8) is 0 Å². The predicted molar refractivity (Wildman–Crippen MR) is 153 cm³/mol. The molecule has 0 fully saturated rings. The fourth-order valence-electron chi connectivity index (χ4n) is 3.31. The van der Waals surface area contributed by atoms with E-state index < -0.39 is 0 Å². The van der Waals surface area contributed by atoms with E-state index in [1.54, 1.807) is 27.8 Å². The monoisotopic (exact) mass is 522 g/mol.